The number of hydrogen-bond donors (Lipinski definition) is 2. The Morgan fingerprint density at radius 1 is 1.16 bits per heavy atom. The monoisotopic (exact) mass is 325 g/mol. The van der Waals surface area contributed by atoms with E-state index >= 15 is 0 Å². The van der Waals surface area contributed by atoms with E-state index in [4.69, 9.17) is 5.11 Å². The molecule has 102 valence electrons. The van der Waals surface area contributed by atoms with Crippen LogP contribution in [-0.2, 0) is 9.59 Å². The van der Waals surface area contributed by atoms with Crippen molar-refractivity contribution in [1.82, 2.24) is 0 Å². The third-order valence-corrected chi connectivity index (χ3v) is 4.03. The minimum atomic E-state index is -0.791. The number of halogens is 1. The van der Waals surface area contributed by atoms with Gasteiger partial charge in [-0.1, -0.05) is 22.4 Å². The lowest BCUT2D eigenvalue weighted by Crippen LogP contribution is -2.30. The molecule has 1 aromatic rings. The molecule has 2 unspecified atom stereocenters. The number of hydrogen-bond acceptors (Lipinski definition) is 2. The molecule has 1 fully saturated rings. The van der Waals surface area contributed by atoms with Crippen molar-refractivity contribution in [3.63, 3.8) is 0 Å². The van der Waals surface area contributed by atoms with Gasteiger partial charge in [0.2, 0.25) is 5.91 Å². The summed E-state index contributed by atoms with van der Waals surface area (Å²) in [5, 5.41) is 11.9. The van der Waals surface area contributed by atoms with Crippen molar-refractivity contribution in [2.24, 2.45) is 11.8 Å². The van der Waals surface area contributed by atoms with Crippen LogP contribution in [0.4, 0.5) is 5.69 Å². The van der Waals surface area contributed by atoms with E-state index in [-0.39, 0.29) is 17.7 Å². The standard InChI is InChI=1S/C14H16BrNO3/c15-11-4-6-12(7-5-11)16-13(17)9-2-1-3-10(8-9)14(18)19/h4-7,9-10H,1-3,8H2,(H,16,17)(H,18,19). The summed E-state index contributed by atoms with van der Waals surface area (Å²) in [5.41, 5.74) is 0.741. The zero-order valence-corrected chi connectivity index (χ0v) is 12.0. The number of nitrogens with one attached hydrogen (secondary N) is 1. The molecular formula is C14H16BrNO3. The van der Waals surface area contributed by atoms with Crippen LogP contribution in [0, 0.1) is 11.8 Å². The van der Waals surface area contributed by atoms with Crippen molar-refractivity contribution in [3.05, 3.63) is 28.7 Å². The van der Waals surface area contributed by atoms with E-state index < -0.39 is 5.97 Å². The van der Waals surface area contributed by atoms with Gasteiger partial charge in [-0.05, 0) is 43.5 Å². The van der Waals surface area contributed by atoms with Gasteiger partial charge in [-0.2, -0.15) is 0 Å². The SMILES string of the molecule is O=C(O)C1CCCC(C(=O)Nc2ccc(Br)cc2)C1. The molecule has 4 nitrogen and oxygen atoms in total. The Labute approximate surface area is 120 Å². The van der Waals surface area contributed by atoms with Gasteiger partial charge >= 0.3 is 5.97 Å². The minimum Gasteiger partial charge on any atom is -0.481 e. The summed E-state index contributed by atoms with van der Waals surface area (Å²) in [6.45, 7) is 0. The highest BCUT2D eigenvalue weighted by molar-refractivity contribution is 9.10. The molecule has 5 heteroatoms. The predicted octanol–water partition coefficient (Wildman–Crippen LogP) is 3.28. The number of aliphatic carboxylic acids is 1. The molecule has 1 aromatic carbocycles. The molecule has 2 atom stereocenters. The van der Waals surface area contributed by atoms with E-state index in [9.17, 15) is 9.59 Å². The van der Waals surface area contributed by atoms with E-state index in [2.05, 4.69) is 21.2 Å². The number of carbonyl (C=O) groups excluding carboxylic acids is 1. The predicted molar refractivity (Wildman–Crippen MR) is 75.9 cm³/mol. The Hall–Kier alpha value is -1.36. The first kappa shape index (κ1) is 14.1. The topological polar surface area (TPSA) is 66.4 Å². The highest BCUT2D eigenvalue weighted by atomic mass is 79.9. The van der Waals surface area contributed by atoms with E-state index in [1.165, 1.54) is 0 Å². The van der Waals surface area contributed by atoms with Crippen LogP contribution in [0.5, 0.6) is 0 Å². The molecule has 1 amide bonds. The van der Waals surface area contributed by atoms with Crippen molar-refractivity contribution >= 4 is 33.5 Å². The number of anilines is 1. The van der Waals surface area contributed by atoms with Crippen LogP contribution in [0.1, 0.15) is 25.7 Å². The van der Waals surface area contributed by atoms with Gasteiger partial charge in [-0.25, -0.2) is 0 Å². The number of benzene rings is 1. The minimum absolute atomic E-state index is 0.0757. The third-order valence-electron chi connectivity index (χ3n) is 3.51. The van der Waals surface area contributed by atoms with Gasteiger partial charge in [0.25, 0.3) is 0 Å². The molecule has 1 aliphatic rings. The van der Waals surface area contributed by atoms with E-state index in [1.807, 2.05) is 24.3 Å². The van der Waals surface area contributed by atoms with Gasteiger partial charge in [0.1, 0.15) is 0 Å². The number of carboxylic acid groups (broad SMARTS) is 1. The smallest absolute Gasteiger partial charge is 0.306 e. The second kappa shape index (κ2) is 6.19. The van der Waals surface area contributed by atoms with Gasteiger partial charge < -0.3 is 10.4 Å². The van der Waals surface area contributed by atoms with Gasteiger partial charge in [0, 0.05) is 16.1 Å². The number of carboxylic acids is 1. The van der Waals surface area contributed by atoms with Crippen LogP contribution in [0.25, 0.3) is 0 Å². The Kier molecular flexibility index (Phi) is 4.58. The summed E-state index contributed by atoms with van der Waals surface area (Å²) < 4.78 is 0.953. The van der Waals surface area contributed by atoms with E-state index in [1.54, 1.807) is 0 Å². The summed E-state index contributed by atoms with van der Waals surface area (Å²) in [7, 11) is 0. The summed E-state index contributed by atoms with van der Waals surface area (Å²) >= 11 is 3.33. The largest absolute Gasteiger partial charge is 0.481 e. The van der Waals surface area contributed by atoms with Crippen LogP contribution in [0.2, 0.25) is 0 Å². The number of amides is 1. The molecule has 2 N–H and O–H groups in total. The first-order chi connectivity index (χ1) is 9.06. The average molecular weight is 326 g/mol. The van der Waals surface area contributed by atoms with E-state index in [0.717, 1.165) is 23.0 Å². The summed E-state index contributed by atoms with van der Waals surface area (Å²) in [4.78, 5) is 23.1. The zero-order valence-electron chi connectivity index (χ0n) is 10.4. The highest BCUT2D eigenvalue weighted by Gasteiger charge is 2.30. The maximum absolute atomic E-state index is 12.1. The molecule has 19 heavy (non-hydrogen) atoms. The molecule has 0 aliphatic heterocycles. The molecule has 0 aromatic heterocycles. The molecule has 2 rings (SSSR count). The van der Waals surface area contributed by atoms with Crippen LogP contribution < -0.4 is 5.32 Å². The number of carbonyl (C=O) groups is 2. The molecule has 0 radical (unpaired) electrons. The number of rotatable bonds is 3. The van der Waals surface area contributed by atoms with Gasteiger partial charge in [-0.3, -0.25) is 9.59 Å². The fraction of sp³-hybridized carbons (Fsp3) is 0.429. The molecule has 1 aliphatic carbocycles. The Morgan fingerprint density at radius 3 is 2.42 bits per heavy atom. The molecule has 0 heterocycles. The second-order valence-corrected chi connectivity index (χ2v) is 5.81. The van der Waals surface area contributed by atoms with Crippen molar-refractivity contribution < 1.29 is 14.7 Å². The lowest BCUT2D eigenvalue weighted by atomic mass is 9.81. The Morgan fingerprint density at radius 2 is 1.79 bits per heavy atom. The molecule has 0 saturated heterocycles. The fourth-order valence-electron chi connectivity index (χ4n) is 2.43. The van der Waals surface area contributed by atoms with Crippen LogP contribution >= 0.6 is 15.9 Å². The maximum atomic E-state index is 12.1. The van der Waals surface area contributed by atoms with Gasteiger partial charge in [0.05, 0.1) is 5.92 Å². The van der Waals surface area contributed by atoms with Crippen molar-refractivity contribution in [1.29, 1.82) is 0 Å². The lowest BCUT2D eigenvalue weighted by molar-refractivity contribution is -0.143. The van der Waals surface area contributed by atoms with Crippen LogP contribution in [0.15, 0.2) is 28.7 Å². The summed E-state index contributed by atoms with van der Waals surface area (Å²) in [5.74, 6) is -1.44. The van der Waals surface area contributed by atoms with E-state index in [0.29, 0.717) is 12.8 Å². The van der Waals surface area contributed by atoms with Gasteiger partial charge in [0.15, 0.2) is 0 Å². The van der Waals surface area contributed by atoms with Crippen molar-refractivity contribution in [3.8, 4) is 0 Å². The second-order valence-electron chi connectivity index (χ2n) is 4.89. The van der Waals surface area contributed by atoms with Crippen molar-refractivity contribution in [2.45, 2.75) is 25.7 Å². The summed E-state index contributed by atoms with van der Waals surface area (Å²) in [6, 6.07) is 7.35. The Balaban J connectivity index is 1.96. The van der Waals surface area contributed by atoms with Gasteiger partial charge in [-0.15, -0.1) is 0 Å². The first-order valence-electron chi connectivity index (χ1n) is 6.35. The maximum Gasteiger partial charge on any atom is 0.306 e. The molecule has 0 spiro atoms. The quantitative estimate of drug-likeness (QED) is 0.896. The summed E-state index contributed by atoms with van der Waals surface area (Å²) in [6.07, 6.45) is 2.69. The third kappa shape index (κ3) is 3.80. The fourth-order valence-corrected chi connectivity index (χ4v) is 2.69. The van der Waals surface area contributed by atoms with Crippen LogP contribution in [-0.4, -0.2) is 17.0 Å². The molecule has 1 saturated carbocycles. The lowest BCUT2D eigenvalue weighted by Gasteiger charge is -2.25. The molecular weight excluding hydrogens is 310 g/mol. The zero-order chi connectivity index (χ0) is 13.8. The van der Waals surface area contributed by atoms with Crippen molar-refractivity contribution in [2.75, 3.05) is 5.32 Å². The normalized spacial score (nSPS) is 22.8. The average Bonchev–Trinajstić information content (AvgIpc) is 2.41. The Bertz CT molecular complexity index is 472. The van der Waals surface area contributed by atoms with Crippen LogP contribution in [0.3, 0.4) is 0 Å². The molecule has 0 bridgehead atoms. The first-order valence-corrected chi connectivity index (χ1v) is 7.15. The highest BCUT2D eigenvalue weighted by Crippen LogP contribution is 2.30.